The number of carbonyl (C=O) groups excluding carboxylic acids is 2. The van der Waals surface area contributed by atoms with E-state index in [9.17, 15) is 9.59 Å². The highest BCUT2D eigenvalue weighted by atomic mass is 79.9. The summed E-state index contributed by atoms with van der Waals surface area (Å²) in [5, 5.41) is 0. The zero-order valence-corrected chi connectivity index (χ0v) is 13.0. The first kappa shape index (κ1) is 13.6. The summed E-state index contributed by atoms with van der Waals surface area (Å²) in [5.74, 6) is 0.170. The van der Waals surface area contributed by atoms with Gasteiger partial charge in [0.1, 0.15) is 12.6 Å². The van der Waals surface area contributed by atoms with Gasteiger partial charge in [-0.2, -0.15) is 0 Å². The Kier molecular flexibility index (Phi) is 3.54. The molecule has 0 spiro atoms. The molecule has 2 amide bonds. The van der Waals surface area contributed by atoms with Crippen LogP contribution in [0, 0.1) is 0 Å². The molecule has 2 aliphatic heterocycles. The predicted octanol–water partition coefficient (Wildman–Crippen LogP) is 2.34. The summed E-state index contributed by atoms with van der Waals surface area (Å²) in [5.41, 5.74) is 1.05. The molecule has 2 heterocycles. The van der Waals surface area contributed by atoms with Gasteiger partial charge in [-0.25, -0.2) is 0 Å². The predicted molar refractivity (Wildman–Crippen MR) is 79.0 cm³/mol. The van der Waals surface area contributed by atoms with Crippen molar-refractivity contribution < 1.29 is 9.59 Å². The SMILES string of the molecule is CC(c1cccc(Br)c1)N1CC(=O)N2CCCC2C1=O. The molecule has 0 saturated carbocycles. The molecule has 0 bridgehead atoms. The fourth-order valence-electron chi connectivity index (χ4n) is 3.10. The van der Waals surface area contributed by atoms with Crippen molar-refractivity contribution in [1.29, 1.82) is 0 Å². The van der Waals surface area contributed by atoms with E-state index in [0.29, 0.717) is 0 Å². The normalized spacial score (nSPS) is 24.0. The Morgan fingerprint density at radius 3 is 2.90 bits per heavy atom. The molecule has 2 aliphatic rings. The Balaban J connectivity index is 1.86. The number of halogens is 1. The number of piperazine rings is 1. The van der Waals surface area contributed by atoms with E-state index in [1.165, 1.54) is 0 Å². The summed E-state index contributed by atoms with van der Waals surface area (Å²) >= 11 is 3.45. The Bertz CT molecular complexity index is 561. The lowest BCUT2D eigenvalue weighted by atomic mass is 10.0. The summed E-state index contributed by atoms with van der Waals surface area (Å²) in [4.78, 5) is 28.2. The summed E-state index contributed by atoms with van der Waals surface area (Å²) in [6.45, 7) is 2.91. The van der Waals surface area contributed by atoms with Crippen molar-refractivity contribution >= 4 is 27.7 Å². The number of fused-ring (bicyclic) bond motifs is 1. The fraction of sp³-hybridized carbons (Fsp3) is 0.467. The van der Waals surface area contributed by atoms with Crippen LogP contribution in [0.1, 0.15) is 31.4 Å². The maximum Gasteiger partial charge on any atom is 0.246 e. The van der Waals surface area contributed by atoms with E-state index < -0.39 is 0 Å². The zero-order valence-electron chi connectivity index (χ0n) is 11.4. The smallest absolute Gasteiger partial charge is 0.246 e. The van der Waals surface area contributed by atoms with Gasteiger partial charge in [0.2, 0.25) is 11.8 Å². The highest BCUT2D eigenvalue weighted by Crippen LogP contribution is 2.30. The first-order chi connectivity index (χ1) is 9.58. The van der Waals surface area contributed by atoms with Gasteiger partial charge in [-0.05, 0) is 37.5 Å². The topological polar surface area (TPSA) is 40.6 Å². The van der Waals surface area contributed by atoms with E-state index in [-0.39, 0.29) is 30.4 Å². The average molecular weight is 337 g/mol. The first-order valence-electron chi connectivity index (χ1n) is 6.93. The summed E-state index contributed by atoms with van der Waals surface area (Å²) in [7, 11) is 0. The van der Waals surface area contributed by atoms with Crippen molar-refractivity contribution in [3.05, 3.63) is 34.3 Å². The van der Waals surface area contributed by atoms with Crippen molar-refractivity contribution in [3.8, 4) is 0 Å². The van der Waals surface area contributed by atoms with Crippen molar-refractivity contribution in [2.45, 2.75) is 31.8 Å². The minimum Gasteiger partial charge on any atom is -0.329 e. The first-order valence-corrected chi connectivity index (χ1v) is 7.72. The molecule has 2 atom stereocenters. The van der Waals surface area contributed by atoms with Crippen LogP contribution in [0.4, 0.5) is 0 Å². The summed E-state index contributed by atoms with van der Waals surface area (Å²) < 4.78 is 0.986. The maximum atomic E-state index is 12.6. The molecule has 2 saturated heterocycles. The fourth-order valence-corrected chi connectivity index (χ4v) is 3.52. The van der Waals surface area contributed by atoms with Gasteiger partial charge >= 0.3 is 0 Å². The van der Waals surface area contributed by atoms with Crippen molar-refractivity contribution in [2.24, 2.45) is 0 Å². The van der Waals surface area contributed by atoms with Crippen molar-refractivity contribution in [2.75, 3.05) is 13.1 Å². The molecule has 3 rings (SSSR count). The molecule has 4 nitrogen and oxygen atoms in total. The second kappa shape index (κ2) is 5.20. The molecule has 1 aromatic carbocycles. The quantitative estimate of drug-likeness (QED) is 0.831. The lowest BCUT2D eigenvalue weighted by molar-refractivity contribution is -0.155. The number of benzene rings is 1. The molecular formula is C15H17BrN2O2. The Morgan fingerprint density at radius 2 is 2.15 bits per heavy atom. The monoisotopic (exact) mass is 336 g/mol. The van der Waals surface area contributed by atoms with Gasteiger partial charge in [0.05, 0.1) is 6.04 Å². The minimum absolute atomic E-state index is 0.0771. The third kappa shape index (κ3) is 2.24. The van der Waals surface area contributed by atoms with Gasteiger partial charge in [-0.15, -0.1) is 0 Å². The van der Waals surface area contributed by atoms with Crippen LogP contribution in [0.2, 0.25) is 0 Å². The summed E-state index contributed by atoms with van der Waals surface area (Å²) in [6, 6.07) is 7.60. The van der Waals surface area contributed by atoms with Crippen LogP contribution < -0.4 is 0 Å². The molecular weight excluding hydrogens is 320 g/mol. The molecule has 0 aromatic heterocycles. The van der Waals surface area contributed by atoms with Crippen LogP contribution in [0.15, 0.2) is 28.7 Å². The maximum absolute atomic E-state index is 12.6. The second-order valence-corrected chi connectivity index (χ2v) is 6.36. The molecule has 0 N–H and O–H groups in total. The lowest BCUT2D eigenvalue weighted by Crippen LogP contribution is -2.57. The van der Waals surface area contributed by atoms with E-state index in [4.69, 9.17) is 0 Å². The third-order valence-corrected chi connectivity index (χ3v) is 4.74. The van der Waals surface area contributed by atoms with Gasteiger partial charge in [-0.1, -0.05) is 28.1 Å². The Morgan fingerprint density at radius 1 is 1.35 bits per heavy atom. The molecule has 2 fully saturated rings. The molecule has 1 aromatic rings. The molecule has 106 valence electrons. The van der Waals surface area contributed by atoms with Crippen LogP contribution in [0.25, 0.3) is 0 Å². The number of carbonyl (C=O) groups is 2. The zero-order chi connectivity index (χ0) is 14.3. The molecule has 20 heavy (non-hydrogen) atoms. The van der Waals surface area contributed by atoms with E-state index in [0.717, 1.165) is 29.4 Å². The molecule has 0 aliphatic carbocycles. The molecule has 0 radical (unpaired) electrons. The largest absolute Gasteiger partial charge is 0.329 e. The molecule has 5 heteroatoms. The van der Waals surface area contributed by atoms with Crippen LogP contribution >= 0.6 is 15.9 Å². The van der Waals surface area contributed by atoms with Gasteiger partial charge in [0, 0.05) is 11.0 Å². The Labute approximate surface area is 126 Å². The average Bonchev–Trinajstić information content (AvgIpc) is 2.92. The van der Waals surface area contributed by atoms with Crippen LogP contribution in [0.3, 0.4) is 0 Å². The standard InChI is InChI=1S/C15H17BrN2O2/c1-10(11-4-2-5-12(16)8-11)18-9-14(19)17-7-3-6-13(17)15(18)20/h2,4-5,8,10,13H,3,6-7,9H2,1H3. The van der Waals surface area contributed by atoms with Gasteiger partial charge in [0.25, 0.3) is 0 Å². The van der Waals surface area contributed by atoms with E-state index >= 15 is 0 Å². The second-order valence-electron chi connectivity index (χ2n) is 5.44. The van der Waals surface area contributed by atoms with Crippen molar-refractivity contribution in [1.82, 2.24) is 9.80 Å². The Hall–Kier alpha value is -1.36. The van der Waals surface area contributed by atoms with Gasteiger partial charge in [0.15, 0.2) is 0 Å². The highest BCUT2D eigenvalue weighted by molar-refractivity contribution is 9.10. The number of amides is 2. The number of rotatable bonds is 2. The van der Waals surface area contributed by atoms with Gasteiger partial charge < -0.3 is 9.80 Å². The van der Waals surface area contributed by atoms with E-state index in [1.54, 1.807) is 9.80 Å². The van der Waals surface area contributed by atoms with E-state index in [1.807, 2.05) is 31.2 Å². The van der Waals surface area contributed by atoms with E-state index in [2.05, 4.69) is 15.9 Å². The van der Waals surface area contributed by atoms with Crippen LogP contribution in [-0.4, -0.2) is 40.7 Å². The van der Waals surface area contributed by atoms with Gasteiger partial charge in [-0.3, -0.25) is 9.59 Å². The number of nitrogens with zero attached hydrogens (tertiary/aromatic N) is 2. The highest BCUT2D eigenvalue weighted by Gasteiger charge is 2.43. The summed E-state index contributed by atoms with van der Waals surface area (Å²) in [6.07, 6.45) is 1.73. The minimum atomic E-state index is -0.231. The number of hydrogen-bond acceptors (Lipinski definition) is 2. The lowest BCUT2D eigenvalue weighted by Gasteiger charge is -2.39. The van der Waals surface area contributed by atoms with Crippen molar-refractivity contribution in [3.63, 3.8) is 0 Å². The van der Waals surface area contributed by atoms with Crippen LogP contribution in [0.5, 0.6) is 0 Å². The molecule has 2 unspecified atom stereocenters. The third-order valence-electron chi connectivity index (χ3n) is 4.25. The number of hydrogen-bond donors (Lipinski definition) is 0. The van der Waals surface area contributed by atoms with Crippen LogP contribution in [-0.2, 0) is 9.59 Å².